The molecule has 1 heterocycles. The quantitative estimate of drug-likeness (QED) is 0.474. The van der Waals surface area contributed by atoms with E-state index in [9.17, 15) is 4.39 Å². The molecule has 5 rings (SSSR count). The van der Waals surface area contributed by atoms with Gasteiger partial charge in [-0.2, -0.15) is 0 Å². The van der Waals surface area contributed by atoms with Crippen LogP contribution in [0.1, 0.15) is 19.3 Å². The van der Waals surface area contributed by atoms with Crippen molar-refractivity contribution in [2.24, 2.45) is 5.41 Å². The second-order valence-corrected chi connectivity index (χ2v) is 8.17. The van der Waals surface area contributed by atoms with Crippen molar-refractivity contribution < 1.29 is 9.13 Å². The fourth-order valence-electron chi connectivity index (χ4n) is 4.25. The van der Waals surface area contributed by atoms with Crippen LogP contribution in [0.15, 0.2) is 29.2 Å². The monoisotopic (exact) mass is 409 g/mol. The number of hydrogen-bond acceptors (Lipinski definition) is 6. The van der Waals surface area contributed by atoms with E-state index >= 15 is 0 Å². The summed E-state index contributed by atoms with van der Waals surface area (Å²) in [5, 5.41) is 14.8. The zero-order valence-corrected chi connectivity index (χ0v) is 16.1. The second-order valence-electron chi connectivity index (χ2n) is 7.38. The minimum Gasteiger partial charge on any atom is -0.384 e. The normalized spacial score (nSPS) is 26.7. The molecule has 0 saturated heterocycles. The van der Waals surface area contributed by atoms with Crippen LogP contribution in [0.25, 0.3) is 10.9 Å². The Morgan fingerprint density at radius 3 is 2.81 bits per heavy atom. The van der Waals surface area contributed by atoms with Crippen LogP contribution in [0.5, 0.6) is 0 Å². The standard InChI is InChI=1S/C18H18Cl2FN5O/c1-27-9-17-6-18(7-17,8-17)26-15(20)14(4-22)25-16-23-5-10-2-11(19)12(21)3-13(10)24-16/h2-5,22,26H,6-9H2,1H3,(H,23,24,25)/b15-14+,22-4?. The Hall–Kier alpha value is -1.96. The van der Waals surface area contributed by atoms with Crippen molar-refractivity contribution in [3.8, 4) is 0 Å². The van der Waals surface area contributed by atoms with Gasteiger partial charge in [0.2, 0.25) is 5.95 Å². The lowest BCUT2D eigenvalue weighted by Crippen LogP contribution is -2.74. The predicted octanol–water partition coefficient (Wildman–Crippen LogP) is 4.05. The molecule has 0 spiro atoms. The number of methoxy groups -OCH3 is 1. The van der Waals surface area contributed by atoms with Gasteiger partial charge in [-0.3, -0.25) is 0 Å². The van der Waals surface area contributed by atoms with Crippen LogP contribution in [0.3, 0.4) is 0 Å². The fourth-order valence-corrected chi connectivity index (χ4v) is 4.73. The number of nitrogens with one attached hydrogen (secondary N) is 3. The van der Waals surface area contributed by atoms with Crippen molar-refractivity contribution in [1.29, 1.82) is 5.41 Å². The number of rotatable bonds is 7. The van der Waals surface area contributed by atoms with Crippen molar-refractivity contribution in [2.75, 3.05) is 19.0 Å². The first-order valence-electron chi connectivity index (χ1n) is 8.44. The lowest BCUT2D eigenvalue weighted by Gasteiger charge is -2.70. The van der Waals surface area contributed by atoms with Gasteiger partial charge in [0, 0.05) is 41.9 Å². The molecular weight excluding hydrogens is 392 g/mol. The van der Waals surface area contributed by atoms with Gasteiger partial charge >= 0.3 is 0 Å². The van der Waals surface area contributed by atoms with Crippen LogP contribution < -0.4 is 10.6 Å². The molecule has 1 aromatic heterocycles. The van der Waals surface area contributed by atoms with Crippen LogP contribution in [-0.2, 0) is 4.74 Å². The molecule has 3 aliphatic rings. The molecule has 1 aromatic carbocycles. The van der Waals surface area contributed by atoms with E-state index in [0.29, 0.717) is 21.8 Å². The Morgan fingerprint density at radius 2 is 2.15 bits per heavy atom. The van der Waals surface area contributed by atoms with E-state index in [1.165, 1.54) is 18.3 Å². The van der Waals surface area contributed by atoms with Crippen molar-refractivity contribution in [3.63, 3.8) is 0 Å². The number of ether oxygens (including phenoxy) is 1. The summed E-state index contributed by atoms with van der Waals surface area (Å²) in [5.41, 5.74) is 1.01. The first-order chi connectivity index (χ1) is 12.9. The molecule has 3 aliphatic carbocycles. The van der Waals surface area contributed by atoms with Crippen LogP contribution in [0.2, 0.25) is 5.02 Å². The van der Waals surface area contributed by atoms with E-state index < -0.39 is 5.82 Å². The predicted molar refractivity (Wildman–Crippen MR) is 104 cm³/mol. The van der Waals surface area contributed by atoms with Gasteiger partial charge < -0.3 is 20.8 Å². The lowest BCUT2D eigenvalue weighted by molar-refractivity contribution is -0.179. The Morgan fingerprint density at radius 1 is 1.41 bits per heavy atom. The maximum Gasteiger partial charge on any atom is 0.227 e. The van der Waals surface area contributed by atoms with Crippen LogP contribution in [0.4, 0.5) is 10.3 Å². The van der Waals surface area contributed by atoms with E-state index in [-0.39, 0.29) is 21.9 Å². The Labute approximate surface area is 165 Å². The van der Waals surface area contributed by atoms with E-state index in [2.05, 4.69) is 20.6 Å². The highest BCUT2D eigenvalue weighted by atomic mass is 35.5. The number of benzene rings is 1. The molecule has 3 saturated carbocycles. The summed E-state index contributed by atoms with van der Waals surface area (Å²) in [4.78, 5) is 8.44. The molecule has 0 unspecified atom stereocenters. The highest BCUT2D eigenvalue weighted by Crippen LogP contribution is 2.67. The molecule has 3 fully saturated rings. The van der Waals surface area contributed by atoms with E-state index in [4.69, 9.17) is 33.3 Å². The first kappa shape index (κ1) is 18.4. The number of nitrogens with zero attached hydrogens (tertiary/aromatic N) is 2. The van der Waals surface area contributed by atoms with Crippen molar-refractivity contribution in [3.05, 3.63) is 40.0 Å². The Kier molecular flexibility index (Phi) is 4.49. The average Bonchev–Trinajstić information content (AvgIpc) is 2.57. The van der Waals surface area contributed by atoms with Gasteiger partial charge in [-0.15, -0.1) is 0 Å². The molecule has 142 valence electrons. The van der Waals surface area contributed by atoms with Crippen LogP contribution in [0, 0.1) is 16.6 Å². The molecule has 0 aliphatic heterocycles. The van der Waals surface area contributed by atoms with Crippen LogP contribution >= 0.6 is 23.2 Å². The topological polar surface area (TPSA) is 82.9 Å². The summed E-state index contributed by atoms with van der Waals surface area (Å²) < 4.78 is 18.9. The highest BCUT2D eigenvalue weighted by Gasteiger charge is 2.68. The summed E-state index contributed by atoms with van der Waals surface area (Å²) >= 11 is 12.2. The van der Waals surface area contributed by atoms with Crippen molar-refractivity contribution in [1.82, 2.24) is 15.3 Å². The molecule has 2 bridgehead atoms. The number of allylic oxidation sites excluding steroid dienone is 1. The summed E-state index contributed by atoms with van der Waals surface area (Å²) in [6.45, 7) is 0.763. The molecule has 9 heteroatoms. The minimum absolute atomic E-state index is 0.0175. The third-order valence-corrected chi connectivity index (χ3v) is 5.80. The summed E-state index contributed by atoms with van der Waals surface area (Å²) in [5.74, 6) is -0.332. The second kappa shape index (κ2) is 6.58. The van der Waals surface area contributed by atoms with Gasteiger partial charge in [0.05, 0.1) is 22.8 Å². The summed E-state index contributed by atoms with van der Waals surface area (Å²) in [7, 11) is 1.72. The van der Waals surface area contributed by atoms with Crippen molar-refractivity contribution >= 4 is 46.3 Å². The zero-order chi connectivity index (χ0) is 19.2. The highest BCUT2D eigenvalue weighted by molar-refractivity contribution is 6.31. The molecule has 2 aromatic rings. The van der Waals surface area contributed by atoms with Gasteiger partial charge in [-0.25, -0.2) is 14.4 Å². The SMILES string of the molecule is COCC12CC(N/C(Cl)=C(\C=N)Nc3ncc4cc(Cl)c(F)cc4n3)(C1)C2. The number of halogens is 3. The molecule has 6 nitrogen and oxygen atoms in total. The summed E-state index contributed by atoms with van der Waals surface area (Å²) in [6.07, 6.45) is 5.64. The number of hydrogen-bond donors (Lipinski definition) is 3. The van der Waals surface area contributed by atoms with E-state index in [1.807, 2.05) is 0 Å². The van der Waals surface area contributed by atoms with Gasteiger partial charge in [-0.1, -0.05) is 23.2 Å². The molecular formula is C18H18Cl2FN5O. The number of anilines is 1. The molecule has 27 heavy (non-hydrogen) atoms. The third kappa shape index (κ3) is 3.24. The largest absolute Gasteiger partial charge is 0.384 e. The Balaban J connectivity index is 1.50. The first-order valence-corrected chi connectivity index (χ1v) is 9.19. The average molecular weight is 410 g/mol. The van der Waals surface area contributed by atoms with E-state index in [1.54, 1.807) is 7.11 Å². The zero-order valence-electron chi connectivity index (χ0n) is 14.6. The van der Waals surface area contributed by atoms with Crippen LogP contribution in [-0.4, -0.2) is 35.4 Å². The van der Waals surface area contributed by atoms with E-state index in [0.717, 1.165) is 32.1 Å². The van der Waals surface area contributed by atoms with Gasteiger partial charge in [0.25, 0.3) is 0 Å². The van der Waals surface area contributed by atoms with Gasteiger partial charge in [-0.05, 0) is 25.3 Å². The van der Waals surface area contributed by atoms with Gasteiger partial charge in [0.1, 0.15) is 11.0 Å². The molecule has 3 N–H and O–H groups in total. The molecule has 0 radical (unpaired) electrons. The fraction of sp³-hybridized carbons (Fsp3) is 0.389. The number of fused-ring (bicyclic) bond motifs is 1. The molecule has 0 atom stereocenters. The lowest BCUT2D eigenvalue weighted by atomic mass is 9.39. The van der Waals surface area contributed by atoms with Crippen molar-refractivity contribution in [2.45, 2.75) is 24.8 Å². The number of aromatic nitrogens is 2. The maximum absolute atomic E-state index is 13.7. The maximum atomic E-state index is 13.7. The third-order valence-electron chi connectivity index (χ3n) is 5.21. The minimum atomic E-state index is -0.551. The Bertz CT molecular complexity index is 944. The van der Waals surface area contributed by atoms with Gasteiger partial charge in [0.15, 0.2) is 0 Å². The molecule has 0 amide bonds. The summed E-state index contributed by atoms with van der Waals surface area (Å²) in [6, 6.07) is 2.71. The smallest absolute Gasteiger partial charge is 0.227 e.